The van der Waals surface area contributed by atoms with E-state index < -0.39 is 9.84 Å². The van der Waals surface area contributed by atoms with Gasteiger partial charge >= 0.3 is 0 Å². The zero-order valence-electron chi connectivity index (χ0n) is 10.7. The maximum atomic E-state index is 12.2. The second kappa shape index (κ2) is 5.65. The van der Waals surface area contributed by atoms with Gasteiger partial charge in [0.25, 0.3) is 0 Å². The molecule has 0 aliphatic heterocycles. The van der Waals surface area contributed by atoms with E-state index in [-0.39, 0.29) is 17.2 Å². The predicted molar refractivity (Wildman–Crippen MR) is 75.2 cm³/mol. The van der Waals surface area contributed by atoms with Crippen LogP contribution in [0.4, 0.5) is 0 Å². The maximum Gasteiger partial charge on any atom is 0.180 e. The highest BCUT2D eigenvalue weighted by Crippen LogP contribution is 2.15. The Labute approximate surface area is 122 Å². The first-order valence-corrected chi connectivity index (χ1v) is 7.88. The Kier molecular flexibility index (Phi) is 4.12. The fourth-order valence-corrected chi connectivity index (χ4v) is 3.10. The molecule has 2 rings (SSSR count). The Morgan fingerprint density at radius 2 is 2.20 bits per heavy atom. The number of aryl methyl sites for hydroxylation is 2. The highest BCUT2D eigenvalue weighted by Gasteiger charge is 2.15. The smallest absolute Gasteiger partial charge is 0.180 e. The summed E-state index contributed by atoms with van der Waals surface area (Å²) in [5.41, 5.74) is 0.986. The quantitative estimate of drug-likeness (QED) is 0.867. The van der Waals surface area contributed by atoms with Gasteiger partial charge in [0, 0.05) is 6.20 Å². The summed E-state index contributed by atoms with van der Waals surface area (Å²) < 4.78 is 25.9. The Hall–Kier alpha value is -1.84. The number of nitriles is 1. The van der Waals surface area contributed by atoms with Crippen LogP contribution >= 0.6 is 11.6 Å². The lowest BCUT2D eigenvalue weighted by atomic mass is 10.2. The lowest BCUT2D eigenvalue weighted by Crippen LogP contribution is -2.13. The molecular weight excluding hydrogens is 298 g/mol. The number of rotatable bonds is 4. The summed E-state index contributed by atoms with van der Waals surface area (Å²) in [5, 5.41) is 13.4. The zero-order chi connectivity index (χ0) is 14.8. The molecule has 0 aliphatic rings. The van der Waals surface area contributed by atoms with Crippen LogP contribution in [0.25, 0.3) is 0 Å². The highest BCUT2D eigenvalue weighted by molar-refractivity contribution is 7.91. The van der Waals surface area contributed by atoms with Gasteiger partial charge in [-0.05, 0) is 25.1 Å². The summed E-state index contributed by atoms with van der Waals surface area (Å²) in [7, 11) is -3.45. The van der Waals surface area contributed by atoms with Gasteiger partial charge in [0.05, 0.1) is 39.5 Å². The van der Waals surface area contributed by atoms with Gasteiger partial charge in [0.2, 0.25) is 0 Å². The average Bonchev–Trinajstić information content (AvgIpc) is 2.76. The topological polar surface area (TPSA) is 75.8 Å². The van der Waals surface area contributed by atoms with Crippen molar-refractivity contribution in [3.05, 3.63) is 46.7 Å². The molecule has 1 heterocycles. The second-order valence-corrected chi connectivity index (χ2v) is 6.80. The van der Waals surface area contributed by atoms with Crippen molar-refractivity contribution in [1.29, 1.82) is 5.26 Å². The van der Waals surface area contributed by atoms with Gasteiger partial charge in [-0.1, -0.05) is 17.7 Å². The molecule has 0 spiro atoms. The van der Waals surface area contributed by atoms with Crippen LogP contribution < -0.4 is 0 Å². The van der Waals surface area contributed by atoms with Crippen LogP contribution in [-0.4, -0.2) is 24.0 Å². The van der Waals surface area contributed by atoms with Crippen LogP contribution in [0.2, 0.25) is 5.02 Å². The molecule has 20 heavy (non-hydrogen) atoms. The fourth-order valence-electron chi connectivity index (χ4n) is 1.70. The van der Waals surface area contributed by atoms with Gasteiger partial charge in [0.15, 0.2) is 9.84 Å². The molecule has 0 atom stereocenters. The van der Waals surface area contributed by atoms with E-state index in [0.717, 1.165) is 0 Å². The molecule has 1 aromatic carbocycles. The molecule has 104 valence electrons. The van der Waals surface area contributed by atoms with E-state index in [1.165, 1.54) is 16.8 Å². The van der Waals surface area contributed by atoms with Gasteiger partial charge in [0.1, 0.15) is 0 Å². The van der Waals surface area contributed by atoms with Gasteiger partial charge in [-0.25, -0.2) is 8.42 Å². The first-order chi connectivity index (χ1) is 9.42. The number of hydrogen-bond donors (Lipinski definition) is 0. The third kappa shape index (κ3) is 3.18. The number of nitrogens with zero attached hydrogens (tertiary/aromatic N) is 3. The molecule has 5 nitrogen and oxygen atoms in total. The molecular formula is C13H12ClN3O2S. The molecule has 0 N–H and O–H groups in total. The molecule has 0 amide bonds. The summed E-state index contributed by atoms with van der Waals surface area (Å²) in [5.74, 6) is -0.0979. The van der Waals surface area contributed by atoms with Crippen molar-refractivity contribution in [3.8, 4) is 6.07 Å². The number of halogens is 1. The number of benzene rings is 1. The third-order valence-corrected chi connectivity index (χ3v) is 4.86. The third-order valence-electron chi connectivity index (χ3n) is 2.80. The van der Waals surface area contributed by atoms with E-state index in [9.17, 15) is 8.42 Å². The molecule has 0 saturated heterocycles. The number of aromatic nitrogens is 2. The minimum atomic E-state index is -3.45. The molecule has 0 saturated carbocycles. The van der Waals surface area contributed by atoms with Crippen LogP contribution in [0.1, 0.15) is 11.3 Å². The van der Waals surface area contributed by atoms with Gasteiger partial charge in [-0.15, -0.1) is 0 Å². The molecule has 1 aromatic heterocycles. The molecule has 0 aliphatic carbocycles. The van der Waals surface area contributed by atoms with Crippen molar-refractivity contribution in [1.82, 2.24) is 9.78 Å². The van der Waals surface area contributed by atoms with E-state index in [2.05, 4.69) is 5.10 Å². The van der Waals surface area contributed by atoms with Crippen molar-refractivity contribution in [2.24, 2.45) is 0 Å². The first kappa shape index (κ1) is 14.6. The first-order valence-electron chi connectivity index (χ1n) is 5.85. The van der Waals surface area contributed by atoms with E-state index >= 15 is 0 Å². The molecule has 7 heteroatoms. The lowest BCUT2D eigenvalue weighted by Gasteiger charge is -2.05. The summed E-state index contributed by atoms with van der Waals surface area (Å²) in [6, 6.07) is 7.90. The Bertz CT molecular complexity index is 756. The van der Waals surface area contributed by atoms with Crippen LogP contribution in [0, 0.1) is 18.3 Å². The Morgan fingerprint density at radius 3 is 2.80 bits per heavy atom. The SMILES string of the molecule is Cc1nn(CCS(=O)(=O)c2cccc(C#N)c2)cc1Cl. The molecule has 0 unspecified atom stereocenters. The lowest BCUT2D eigenvalue weighted by molar-refractivity contribution is 0.579. The Balaban J connectivity index is 2.17. The van der Waals surface area contributed by atoms with Crippen molar-refractivity contribution in [2.75, 3.05) is 5.75 Å². The highest BCUT2D eigenvalue weighted by atomic mass is 35.5. The largest absolute Gasteiger partial charge is 0.270 e. The van der Waals surface area contributed by atoms with Crippen molar-refractivity contribution < 1.29 is 8.42 Å². The molecule has 0 radical (unpaired) electrons. The minimum Gasteiger partial charge on any atom is -0.270 e. The second-order valence-electron chi connectivity index (χ2n) is 4.28. The van der Waals surface area contributed by atoms with Crippen LogP contribution in [0.15, 0.2) is 35.4 Å². The van der Waals surface area contributed by atoms with Crippen molar-refractivity contribution in [2.45, 2.75) is 18.4 Å². The van der Waals surface area contributed by atoms with E-state index in [4.69, 9.17) is 16.9 Å². The molecule has 0 bridgehead atoms. The normalized spacial score (nSPS) is 11.2. The molecule has 2 aromatic rings. The summed E-state index contributed by atoms with van der Waals surface area (Å²) in [4.78, 5) is 0.145. The Morgan fingerprint density at radius 1 is 1.45 bits per heavy atom. The standard InChI is InChI=1S/C13H12ClN3O2S/c1-10-13(14)9-17(16-10)5-6-20(18,19)12-4-2-3-11(7-12)8-15/h2-4,7,9H,5-6H2,1H3. The predicted octanol–water partition coefficient (Wildman–Crippen LogP) is 2.19. The average molecular weight is 310 g/mol. The van der Waals surface area contributed by atoms with Crippen LogP contribution in [0.3, 0.4) is 0 Å². The van der Waals surface area contributed by atoms with Gasteiger partial charge in [-0.3, -0.25) is 4.68 Å². The molecule has 0 fully saturated rings. The number of sulfone groups is 1. The zero-order valence-corrected chi connectivity index (χ0v) is 12.3. The van der Waals surface area contributed by atoms with Gasteiger partial charge in [-0.2, -0.15) is 10.4 Å². The van der Waals surface area contributed by atoms with Crippen molar-refractivity contribution in [3.63, 3.8) is 0 Å². The van der Waals surface area contributed by atoms with Crippen LogP contribution in [0.5, 0.6) is 0 Å². The number of hydrogen-bond acceptors (Lipinski definition) is 4. The minimum absolute atomic E-state index is 0.0979. The van der Waals surface area contributed by atoms with E-state index in [1.807, 2.05) is 6.07 Å². The summed E-state index contributed by atoms with van der Waals surface area (Å²) in [6.45, 7) is 1.97. The monoisotopic (exact) mass is 309 g/mol. The van der Waals surface area contributed by atoms with Crippen molar-refractivity contribution >= 4 is 21.4 Å². The fraction of sp³-hybridized carbons (Fsp3) is 0.231. The van der Waals surface area contributed by atoms with Crippen LogP contribution in [-0.2, 0) is 16.4 Å². The van der Waals surface area contributed by atoms with Gasteiger partial charge < -0.3 is 0 Å². The van der Waals surface area contributed by atoms with E-state index in [0.29, 0.717) is 16.3 Å². The maximum absolute atomic E-state index is 12.2. The summed E-state index contributed by atoms with van der Waals surface area (Å²) in [6.07, 6.45) is 1.60. The summed E-state index contributed by atoms with van der Waals surface area (Å²) >= 11 is 5.87. The van der Waals surface area contributed by atoms with E-state index in [1.54, 1.807) is 25.3 Å².